The molecule has 0 radical (unpaired) electrons. The van der Waals surface area contributed by atoms with Gasteiger partial charge in [0.1, 0.15) is 0 Å². The highest BCUT2D eigenvalue weighted by atomic mass is 16.2. The van der Waals surface area contributed by atoms with Gasteiger partial charge in [-0.2, -0.15) is 10.2 Å². The third-order valence-electron chi connectivity index (χ3n) is 3.62. The summed E-state index contributed by atoms with van der Waals surface area (Å²) in [5.74, 6) is 0.932. The highest BCUT2D eigenvalue weighted by Gasteiger charge is 2.37. The molecule has 4 nitrogen and oxygen atoms in total. The van der Waals surface area contributed by atoms with Crippen molar-refractivity contribution in [2.45, 2.75) is 26.7 Å². The van der Waals surface area contributed by atoms with Crippen molar-refractivity contribution in [3.63, 3.8) is 0 Å². The van der Waals surface area contributed by atoms with Crippen LogP contribution in [0.1, 0.15) is 25.8 Å². The lowest BCUT2D eigenvalue weighted by atomic mass is 9.88. The normalized spacial score (nSPS) is 24.4. The zero-order chi connectivity index (χ0) is 12.3. The second kappa shape index (κ2) is 5.25. The van der Waals surface area contributed by atoms with Gasteiger partial charge in [-0.05, 0) is 37.3 Å². The molecule has 92 valence electrons. The van der Waals surface area contributed by atoms with Crippen molar-refractivity contribution in [1.29, 1.82) is 0 Å². The van der Waals surface area contributed by atoms with Gasteiger partial charge in [0, 0.05) is 25.2 Å². The first kappa shape index (κ1) is 12.0. The van der Waals surface area contributed by atoms with Crippen molar-refractivity contribution >= 4 is 5.91 Å². The zero-order valence-electron chi connectivity index (χ0n) is 10.5. The first-order chi connectivity index (χ1) is 8.26. The zero-order valence-corrected chi connectivity index (χ0v) is 10.5. The lowest BCUT2D eigenvalue weighted by molar-refractivity contribution is -0.131. The number of carbonyl (C=O) groups is 1. The van der Waals surface area contributed by atoms with Crippen LogP contribution in [0, 0.1) is 11.8 Å². The molecular formula is C13H19N3O. The number of aromatic nitrogens is 2. The molecule has 0 aromatic carbocycles. The number of hydrogen-bond donors (Lipinski definition) is 0. The largest absolute Gasteiger partial charge is 0.342 e. The number of amides is 1. The SMILES string of the molecule is CCC1C(=O)N(CC)CC1Cc1ccnnc1. The Balaban J connectivity index is 2.08. The number of hydrogen-bond acceptors (Lipinski definition) is 3. The maximum absolute atomic E-state index is 12.1. The molecule has 2 unspecified atom stereocenters. The molecule has 0 saturated carbocycles. The van der Waals surface area contributed by atoms with Crippen LogP contribution in [-0.4, -0.2) is 34.1 Å². The van der Waals surface area contributed by atoms with Crippen molar-refractivity contribution in [2.75, 3.05) is 13.1 Å². The van der Waals surface area contributed by atoms with Gasteiger partial charge in [-0.3, -0.25) is 4.79 Å². The van der Waals surface area contributed by atoms with E-state index in [1.54, 1.807) is 12.4 Å². The van der Waals surface area contributed by atoms with E-state index < -0.39 is 0 Å². The molecule has 0 aliphatic carbocycles. The van der Waals surface area contributed by atoms with Gasteiger partial charge in [0.25, 0.3) is 0 Å². The molecular weight excluding hydrogens is 214 g/mol. The lowest BCUT2D eigenvalue weighted by Crippen LogP contribution is -2.26. The lowest BCUT2D eigenvalue weighted by Gasteiger charge is -2.14. The Morgan fingerprint density at radius 2 is 2.24 bits per heavy atom. The second-order valence-corrected chi connectivity index (χ2v) is 4.61. The Morgan fingerprint density at radius 3 is 2.82 bits per heavy atom. The van der Waals surface area contributed by atoms with Gasteiger partial charge in [-0.1, -0.05) is 6.92 Å². The Kier molecular flexibility index (Phi) is 3.71. The molecule has 1 saturated heterocycles. The predicted octanol–water partition coefficient (Wildman–Crippen LogP) is 1.52. The molecule has 2 rings (SSSR count). The maximum atomic E-state index is 12.1. The summed E-state index contributed by atoms with van der Waals surface area (Å²) in [7, 11) is 0. The first-order valence-electron chi connectivity index (χ1n) is 6.30. The predicted molar refractivity (Wildman–Crippen MR) is 65.3 cm³/mol. The van der Waals surface area contributed by atoms with Gasteiger partial charge in [0.2, 0.25) is 5.91 Å². The van der Waals surface area contributed by atoms with Gasteiger partial charge < -0.3 is 4.90 Å². The van der Waals surface area contributed by atoms with Gasteiger partial charge >= 0.3 is 0 Å². The Morgan fingerprint density at radius 1 is 1.41 bits per heavy atom. The van der Waals surface area contributed by atoms with Crippen molar-refractivity contribution in [1.82, 2.24) is 15.1 Å². The van der Waals surface area contributed by atoms with Crippen LogP contribution in [0.2, 0.25) is 0 Å². The van der Waals surface area contributed by atoms with Crippen LogP contribution in [0.3, 0.4) is 0 Å². The topological polar surface area (TPSA) is 46.1 Å². The number of rotatable bonds is 4. The fourth-order valence-electron chi connectivity index (χ4n) is 2.68. The van der Waals surface area contributed by atoms with Crippen molar-refractivity contribution in [3.05, 3.63) is 24.0 Å². The van der Waals surface area contributed by atoms with Crippen LogP contribution < -0.4 is 0 Å². The van der Waals surface area contributed by atoms with E-state index in [4.69, 9.17) is 0 Å². The van der Waals surface area contributed by atoms with Crippen LogP contribution in [0.5, 0.6) is 0 Å². The van der Waals surface area contributed by atoms with E-state index in [9.17, 15) is 4.79 Å². The molecule has 1 amide bonds. The molecule has 17 heavy (non-hydrogen) atoms. The summed E-state index contributed by atoms with van der Waals surface area (Å²) in [5, 5.41) is 7.67. The molecule has 0 bridgehead atoms. The van der Waals surface area contributed by atoms with E-state index in [0.717, 1.165) is 25.9 Å². The van der Waals surface area contributed by atoms with Crippen LogP contribution in [0.25, 0.3) is 0 Å². The summed E-state index contributed by atoms with van der Waals surface area (Å²) in [6.45, 7) is 5.84. The Hall–Kier alpha value is -1.45. The summed E-state index contributed by atoms with van der Waals surface area (Å²) < 4.78 is 0. The molecule has 1 aliphatic heterocycles. The first-order valence-corrected chi connectivity index (χ1v) is 6.30. The summed E-state index contributed by atoms with van der Waals surface area (Å²) in [4.78, 5) is 14.0. The average molecular weight is 233 g/mol. The third-order valence-corrected chi connectivity index (χ3v) is 3.62. The maximum Gasteiger partial charge on any atom is 0.226 e. The Bertz CT molecular complexity index is 380. The monoisotopic (exact) mass is 233 g/mol. The van der Waals surface area contributed by atoms with Crippen molar-refractivity contribution < 1.29 is 4.79 Å². The third kappa shape index (κ3) is 2.46. The molecule has 0 N–H and O–H groups in total. The second-order valence-electron chi connectivity index (χ2n) is 4.61. The summed E-state index contributed by atoms with van der Waals surface area (Å²) >= 11 is 0. The van der Waals surface area contributed by atoms with E-state index in [2.05, 4.69) is 17.1 Å². The van der Waals surface area contributed by atoms with E-state index >= 15 is 0 Å². The smallest absolute Gasteiger partial charge is 0.226 e. The van der Waals surface area contributed by atoms with Gasteiger partial charge in [0.05, 0.1) is 6.20 Å². The summed E-state index contributed by atoms with van der Waals surface area (Å²) in [5.41, 5.74) is 1.18. The van der Waals surface area contributed by atoms with Crippen molar-refractivity contribution in [3.8, 4) is 0 Å². The van der Waals surface area contributed by atoms with Crippen LogP contribution in [0.4, 0.5) is 0 Å². The standard InChI is InChI=1S/C13H19N3O/c1-3-12-11(9-16(4-2)13(12)17)7-10-5-6-14-15-8-10/h5-6,8,11-12H,3-4,7,9H2,1-2H3. The molecule has 0 spiro atoms. The molecule has 2 heterocycles. The molecule has 2 atom stereocenters. The van der Waals surface area contributed by atoms with Gasteiger partial charge in [0.15, 0.2) is 0 Å². The fraction of sp³-hybridized carbons (Fsp3) is 0.615. The van der Waals surface area contributed by atoms with Gasteiger partial charge in [-0.15, -0.1) is 0 Å². The molecule has 1 fully saturated rings. The van der Waals surface area contributed by atoms with Crippen LogP contribution in [-0.2, 0) is 11.2 Å². The fourth-order valence-corrected chi connectivity index (χ4v) is 2.68. The van der Waals surface area contributed by atoms with E-state index in [1.165, 1.54) is 5.56 Å². The van der Waals surface area contributed by atoms with Crippen LogP contribution >= 0.6 is 0 Å². The molecule has 1 aromatic heterocycles. The number of likely N-dealkylation sites (tertiary alicyclic amines) is 1. The number of nitrogens with zero attached hydrogens (tertiary/aromatic N) is 3. The highest BCUT2D eigenvalue weighted by Crippen LogP contribution is 2.29. The highest BCUT2D eigenvalue weighted by molar-refractivity contribution is 5.81. The van der Waals surface area contributed by atoms with Crippen LogP contribution in [0.15, 0.2) is 18.5 Å². The van der Waals surface area contributed by atoms with E-state index in [0.29, 0.717) is 11.8 Å². The summed E-state index contributed by atoms with van der Waals surface area (Å²) in [6, 6.07) is 1.98. The molecule has 1 aliphatic rings. The van der Waals surface area contributed by atoms with E-state index in [-0.39, 0.29) is 5.92 Å². The van der Waals surface area contributed by atoms with Crippen molar-refractivity contribution in [2.24, 2.45) is 11.8 Å². The van der Waals surface area contributed by atoms with E-state index in [1.807, 2.05) is 17.9 Å². The average Bonchev–Trinajstić information content (AvgIpc) is 2.66. The quantitative estimate of drug-likeness (QED) is 0.792. The Labute approximate surface area is 102 Å². The van der Waals surface area contributed by atoms with Gasteiger partial charge in [-0.25, -0.2) is 0 Å². The summed E-state index contributed by atoms with van der Waals surface area (Å²) in [6.07, 6.45) is 5.37. The minimum Gasteiger partial charge on any atom is -0.342 e. The number of carbonyl (C=O) groups excluding carboxylic acids is 1. The minimum atomic E-state index is 0.183. The molecule has 4 heteroatoms. The molecule has 1 aromatic rings. The minimum absolute atomic E-state index is 0.183.